The molecule has 0 amide bonds. The molecule has 1 nitrogen and oxygen atoms in total. The van der Waals surface area contributed by atoms with Crippen LogP contribution in [0.2, 0.25) is 0 Å². The Morgan fingerprint density at radius 2 is 1.55 bits per heavy atom. The molecule has 0 spiro atoms. The monoisotopic (exact) mass is 267 g/mol. The minimum Gasteiger partial charge on any atom is -0.313 e. The van der Waals surface area contributed by atoms with Crippen LogP contribution in [-0.4, -0.2) is 7.05 Å². The lowest BCUT2D eigenvalue weighted by Crippen LogP contribution is -2.20. The van der Waals surface area contributed by atoms with Crippen molar-refractivity contribution in [3.8, 4) is 0 Å². The molecule has 2 aromatic rings. The van der Waals surface area contributed by atoms with Crippen molar-refractivity contribution in [3.05, 3.63) is 69.8 Å². The smallest absolute Gasteiger partial charge is 0.0361 e. The van der Waals surface area contributed by atoms with Gasteiger partial charge in [-0.2, -0.15) is 0 Å². The van der Waals surface area contributed by atoms with Crippen molar-refractivity contribution in [1.29, 1.82) is 0 Å². The van der Waals surface area contributed by atoms with Gasteiger partial charge in [-0.05, 0) is 69.0 Å². The molecule has 0 fully saturated rings. The average Bonchev–Trinajstić information content (AvgIpc) is 2.43. The Morgan fingerprint density at radius 3 is 2.20 bits per heavy atom. The van der Waals surface area contributed by atoms with Gasteiger partial charge in [0.15, 0.2) is 0 Å². The standard InChI is InChI=1S/C19H25N/c1-13-6-7-15(3)18(10-13)19(20-5)12-17-9-8-14(2)16(4)11-17/h6-11,19-20H,12H2,1-5H3. The van der Waals surface area contributed by atoms with Crippen LogP contribution < -0.4 is 5.32 Å². The summed E-state index contributed by atoms with van der Waals surface area (Å²) in [6.45, 7) is 8.70. The lowest BCUT2D eigenvalue weighted by Gasteiger charge is -2.20. The highest BCUT2D eigenvalue weighted by molar-refractivity contribution is 5.36. The number of likely N-dealkylation sites (N-methyl/N-ethyl adjacent to an activating group) is 1. The van der Waals surface area contributed by atoms with Crippen molar-refractivity contribution in [1.82, 2.24) is 5.32 Å². The zero-order valence-electron chi connectivity index (χ0n) is 13.2. The summed E-state index contributed by atoms with van der Waals surface area (Å²) in [6.07, 6.45) is 1.03. The molecule has 0 bridgehead atoms. The molecule has 2 rings (SSSR count). The SMILES string of the molecule is CNC(Cc1ccc(C)c(C)c1)c1cc(C)ccc1C. The molecule has 0 saturated carbocycles. The summed E-state index contributed by atoms with van der Waals surface area (Å²) in [5.74, 6) is 0. The van der Waals surface area contributed by atoms with Gasteiger partial charge < -0.3 is 5.32 Å². The number of nitrogens with one attached hydrogen (secondary N) is 1. The van der Waals surface area contributed by atoms with Crippen LogP contribution in [-0.2, 0) is 6.42 Å². The molecule has 0 radical (unpaired) electrons. The minimum atomic E-state index is 0.372. The number of aryl methyl sites for hydroxylation is 4. The Morgan fingerprint density at radius 1 is 0.850 bits per heavy atom. The van der Waals surface area contributed by atoms with Gasteiger partial charge in [0.2, 0.25) is 0 Å². The van der Waals surface area contributed by atoms with E-state index in [1.54, 1.807) is 0 Å². The number of benzene rings is 2. The van der Waals surface area contributed by atoms with Gasteiger partial charge in [0, 0.05) is 6.04 Å². The molecule has 0 saturated heterocycles. The van der Waals surface area contributed by atoms with Crippen LogP contribution in [0.25, 0.3) is 0 Å². The first-order valence-corrected chi connectivity index (χ1v) is 7.32. The van der Waals surface area contributed by atoms with Crippen LogP contribution in [0, 0.1) is 27.7 Å². The van der Waals surface area contributed by atoms with Gasteiger partial charge in [-0.3, -0.25) is 0 Å². The first-order valence-electron chi connectivity index (χ1n) is 7.32. The zero-order chi connectivity index (χ0) is 14.7. The summed E-state index contributed by atoms with van der Waals surface area (Å²) < 4.78 is 0. The van der Waals surface area contributed by atoms with Crippen molar-refractivity contribution < 1.29 is 0 Å². The minimum absolute atomic E-state index is 0.372. The van der Waals surface area contributed by atoms with E-state index in [1.165, 1.54) is 33.4 Å². The third kappa shape index (κ3) is 3.29. The maximum absolute atomic E-state index is 3.47. The molecule has 0 aliphatic heterocycles. The molecular formula is C19H25N. The highest BCUT2D eigenvalue weighted by Crippen LogP contribution is 2.23. The average molecular weight is 267 g/mol. The molecule has 0 aliphatic carbocycles. The van der Waals surface area contributed by atoms with Crippen molar-refractivity contribution in [2.24, 2.45) is 0 Å². The van der Waals surface area contributed by atoms with Crippen molar-refractivity contribution in [2.45, 2.75) is 40.2 Å². The number of hydrogen-bond acceptors (Lipinski definition) is 1. The van der Waals surface area contributed by atoms with Crippen molar-refractivity contribution in [2.75, 3.05) is 7.05 Å². The summed E-state index contributed by atoms with van der Waals surface area (Å²) in [7, 11) is 2.05. The molecule has 1 unspecified atom stereocenters. The van der Waals surface area contributed by atoms with E-state index in [0.717, 1.165) is 6.42 Å². The van der Waals surface area contributed by atoms with E-state index in [0.29, 0.717) is 6.04 Å². The summed E-state index contributed by atoms with van der Waals surface area (Å²) in [5.41, 5.74) is 8.23. The maximum atomic E-state index is 3.47. The van der Waals surface area contributed by atoms with Crippen LogP contribution in [0.1, 0.15) is 39.4 Å². The van der Waals surface area contributed by atoms with Crippen molar-refractivity contribution >= 4 is 0 Å². The van der Waals surface area contributed by atoms with E-state index >= 15 is 0 Å². The Balaban J connectivity index is 2.28. The van der Waals surface area contributed by atoms with Crippen LogP contribution >= 0.6 is 0 Å². The second-order valence-electron chi connectivity index (χ2n) is 5.82. The predicted molar refractivity (Wildman–Crippen MR) is 87.3 cm³/mol. The van der Waals surface area contributed by atoms with Gasteiger partial charge in [-0.1, -0.05) is 42.0 Å². The van der Waals surface area contributed by atoms with Gasteiger partial charge in [0.05, 0.1) is 0 Å². The zero-order valence-corrected chi connectivity index (χ0v) is 13.2. The Bertz CT molecular complexity index is 599. The highest BCUT2D eigenvalue weighted by Gasteiger charge is 2.13. The molecule has 0 heterocycles. The number of hydrogen-bond donors (Lipinski definition) is 1. The highest BCUT2D eigenvalue weighted by atomic mass is 14.9. The fourth-order valence-electron chi connectivity index (χ4n) is 2.67. The van der Waals surface area contributed by atoms with Gasteiger partial charge in [0.25, 0.3) is 0 Å². The van der Waals surface area contributed by atoms with Crippen LogP contribution in [0.4, 0.5) is 0 Å². The van der Waals surface area contributed by atoms with E-state index in [1.807, 2.05) is 7.05 Å². The third-order valence-corrected chi connectivity index (χ3v) is 4.17. The second-order valence-corrected chi connectivity index (χ2v) is 5.82. The lowest BCUT2D eigenvalue weighted by molar-refractivity contribution is 0.588. The summed E-state index contributed by atoms with van der Waals surface area (Å²) >= 11 is 0. The van der Waals surface area contributed by atoms with E-state index in [-0.39, 0.29) is 0 Å². The largest absolute Gasteiger partial charge is 0.313 e. The normalized spacial score (nSPS) is 12.4. The molecule has 1 N–H and O–H groups in total. The fourth-order valence-corrected chi connectivity index (χ4v) is 2.67. The van der Waals surface area contributed by atoms with E-state index < -0.39 is 0 Å². The van der Waals surface area contributed by atoms with E-state index in [2.05, 4.69) is 69.4 Å². The first-order chi connectivity index (χ1) is 9.51. The summed E-state index contributed by atoms with van der Waals surface area (Å²) in [4.78, 5) is 0. The fraction of sp³-hybridized carbons (Fsp3) is 0.368. The Hall–Kier alpha value is -1.60. The maximum Gasteiger partial charge on any atom is 0.0361 e. The van der Waals surface area contributed by atoms with Gasteiger partial charge in [-0.15, -0.1) is 0 Å². The predicted octanol–water partition coefficient (Wildman–Crippen LogP) is 4.42. The van der Waals surface area contributed by atoms with Crippen LogP contribution in [0.15, 0.2) is 36.4 Å². The first kappa shape index (κ1) is 14.8. The van der Waals surface area contributed by atoms with Crippen LogP contribution in [0.3, 0.4) is 0 Å². The van der Waals surface area contributed by atoms with Crippen LogP contribution in [0.5, 0.6) is 0 Å². The number of rotatable bonds is 4. The molecule has 0 aliphatic rings. The van der Waals surface area contributed by atoms with E-state index in [9.17, 15) is 0 Å². The Labute approximate surface area is 123 Å². The Kier molecular flexibility index (Phi) is 4.61. The quantitative estimate of drug-likeness (QED) is 0.864. The van der Waals surface area contributed by atoms with Gasteiger partial charge in [0.1, 0.15) is 0 Å². The topological polar surface area (TPSA) is 12.0 Å². The van der Waals surface area contributed by atoms with Crippen molar-refractivity contribution in [3.63, 3.8) is 0 Å². The second kappa shape index (κ2) is 6.23. The molecule has 1 heteroatoms. The van der Waals surface area contributed by atoms with Gasteiger partial charge in [-0.25, -0.2) is 0 Å². The molecule has 106 valence electrons. The lowest BCUT2D eigenvalue weighted by atomic mass is 9.93. The third-order valence-electron chi connectivity index (χ3n) is 4.17. The summed E-state index contributed by atoms with van der Waals surface area (Å²) in [6, 6.07) is 13.9. The molecule has 20 heavy (non-hydrogen) atoms. The molecule has 1 atom stereocenters. The molecular weight excluding hydrogens is 242 g/mol. The molecule has 0 aromatic heterocycles. The molecule has 2 aromatic carbocycles. The van der Waals surface area contributed by atoms with E-state index in [4.69, 9.17) is 0 Å². The van der Waals surface area contributed by atoms with Gasteiger partial charge >= 0.3 is 0 Å². The summed E-state index contributed by atoms with van der Waals surface area (Å²) in [5, 5.41) is 3.47.